The van der Waals surface area contributed by atoms with E-state index < -0.39 is 6.10 Å². The summed E-state index contributed by atoms with van der Waals surface area (Å²) in [6.45, 7) is 6.60. The number of hydrogen-bond donors (Lipinski definition) is 0. The SMILES string of the molecule is CC/C=C\C/C=C\C/C=C\C/C=C\CCCCCCCCCCCCCCCCC(=O)OCC(COC(=O)CCCCCCCCCCCCCCCCCCCCC)OC(=O)CCCCCCCCCCC/C=C\CCCCCCCC. The van der Waals surface area contributed by atoms with Crippen molar-refractivity contribution in [3.63, 3.8) is 0 Å². The summed E-state index contributed by atoms with van der Waals surface area (Å²) < 4.78 is 17.0. The van der Waals surface area contributed by atoms with Gasteiger partial charge in [-0.3, -0.25) is 14.4 Å². The maximum absolute atomic E-state index is 13.0. The van der Waals surface area contributed by atoms with Crippen LogP contribution in [0.2, 0.25) is 0 Å². The maximum atomic E-state index is 13.0. The van der Waals surface area contributed by atoms with Gasteiger partial charge >= 0.3 is 17.9 Å². The molecule has 0 spiro atoms. The lowest BCUT2D eigenvalue weighted by Gasteiger charge is -2.18. The molecule has 0 N–H and O–H groups in total. The molecule has 0 rings (SSSR count). The largest absolute Gasteiger partial charge is 0.462 e. The molecule has 0 fully saturated rings. The minimum Gasteiger partial charge on any atom is -0.462 e. The molecule has 0 amide bonds. The molecule has 484 valence electrons. The smallest absolute Gasteiger partial charge is 0.306 e. The van der Waals surface area contributed by atoms with Crippen LogP contribution in [0.15, 0.2) is 60.8 Å². The summed E-state index contributed by atoms with van der Waals surface area (Å²) in [7, 11) is 0. The number of hydrogen-bond acceptors (Lipinski definition) is 6. The van der Waals surface area contributed by atoms with Crippen molar-refractivity contribution in [1.82, 2.24) is 0 Å². The van der Waals surface area contributed by atoms with Gasteiger partial charge in [0, 0.05) is 19.3 Å². The van der Waals surface area contributed by atoms with Gasteiger partial charge in [0.25, 0.3) is 0 Å². The van der Waals surface area contributed by atoms with Gasteiger partial charge in [-0.05, 0) is 83.5 Å². The van der Waals surface area contributed by atoms with Crippen LogP contribution < -0.4 is 0 Å². The van der Waals surface area contributed by atoms with E-state index in [0.717, 1.165) is 83.5 Å². The summed E-state index contributed by atoms with van der Waals surface area (Å²) in [5, 5.41) is 0. The summed E-state index contributed by atoms with van der Waals surface area (Å²) in [6, 6.07) is 0. The van der Waals surface area contributed by atoms with Crippen molar-refractivity contribution < 1.29 is 28.6 Å². The Kier molecular flexibility index (Phi) is 69.1. The molecular weight excluding hydrogens is 1020 g/mol. The fourth-order valence-corrected chi connectivity index (χ4v) is 11.0. The Hall–Kier alpha value is -2.89. The highest BCUT2D eigenvalue weighted by molar-refractivity contribution is 5.71. The fraction of sp³-hybridized carbons (Fsp3) is 0.831. The number of unbranched alkanes of at least 4 members (excludes halogenated alkanes) is 47. The first-order chi connectivity index (χ1) is 41.0. The van der Waals surface area contributed by atoms with Crippen LogP contribution in [0, 0.1) is 0 Å². The molecule has 0 heterocycles. The van der Waals surface area contributed by atoms with Crippen molar-refractivity contribution in [1.29, 1.82) is 0 Å². The standard InChI is InChI=1S/C77H140O6/c1-4-7-10-13-16-19-22-25-28-31-34-35-36-37-38-39-40-41-44-46-49-52-55-58-61-64-67-70-76(79)82-73-74(83-77(80)71-68-65-62-59-56-53-50-47-43-33-30-27-24-21-18-15-12-9-6-3)72-81-75(78)69-66-63-60-57-54-51-48-45-42-32-29-26-23-20-17-14-11-8-5-2/h7,10,16,19,25,27-28,30,34-35,74H,4-6,8-9,11-15,17-18,20-24,26,29,31-33,36-73H2,1-3H3/b10-7-,19-16-,28-25-,30-27-,35-34-. The van der Waals surface area contributed by atoms with Crippen LogP contribution in [-0.2, 0) is 28.6 Å². The van der Waals surface area contributed by atoms with Crippen LogP contribution in [0.3, 0.4) is 0 Å². The molecule has 6 heteroatoms. The van der Waals surface area contributed by atoms with Crippen LogP contribution >= 0.6 is 0 Å². The molecule has 0 saturated heterocycles. The van der Waals surface area contributed by atoms with E-state index in [-0.39, 0.29) is 31.1 Å². The molecule has 0 aromatic carbocycles. The molecule has 0 aliphatic heterocycles. The Morgan fingerprint density at radius 2 is 0.470 bits per heavy atom. The summed E-state index contributed by atoms with van der Waals surface area (Å²) >= 11 is 0. The zero-order chi connectivity index (χ0) is 59.9. The van der Waals surface area contributed by atoms with Crippen molar-refractivity contribution in [3.8, 4) is 0 Å². The number of esters is 3. The zero-order valence-corrected chi connectivity index (χ0v) is 55.7. The van der Waals surface area contributed by atoms with E-state index in [1.165, 1.54) is 270 Å². The second-order valence-electron chi connectivity index (χ2n) is 24.8. The van der Waals surface area contributed by atoms with Crippen molar-refractivity contribution in [3.05, 3.63) is 60.8 Å². The van der Waals surface area contributed by atoms with Crippen LogP contribution in [0.4, 0.5) is 0 Å². The second-order valence-corrected chi connectivity index (χ2v) is 24.8. The van der Waals surface area contributed by atoms with Gasteiger partial charge in [-0.15, -0.1) is 0 Å². The normalized spacial score (nSPS) is 12.4. The molecule has 0 bridgehead atoms. The Labute approximate surface area is 517 Å². The van der Waals surface area contributed by atoms with E-state index >= 15 is 0 Å². The first-order valence-electron chi connectivity index (χ1n) is 36.8. The van der Waals surface area contributed by atoms with Gasteiger partial charge in [-0.1, -0.05) is 351 Å². The molecule has 83 heavy (non-hydrogen) atoms. The topological polar surface area (TPSA) is 78.9 Å². The number of carbonyl (C=O) groups is 3. The average Bonchev–Trinajstić information content (AvgIpc) is 3.50. The number of carbonyl (C=O) groups excluding carboxylic acids is 3. The van der Waals surface area contributed by atoms with Gasteiger partial charge in [0.05, 0.1) is 0 Å². The van der Waals surface area contributed by atoms with E-state index in [2.05, 4.69) is 81.5 Å². The third-order valence-corrected chi connectivity index (χ3v) is 16.5. The van der Waals surface area contributed by atoms with E-state index in [0.29, 0.717) is 19.3 Å². The number of allylic oxidation sites excluding steroid dienone is 10. The third kappa shape index (κ3) is 69.8. The molecule has 0 aromatic heterocycles. The van der Waals surface area contributed by atoms with E-state index in [1.807, 2.05) is 0 Å². The monoisotopic (exact) mass is 1160 g/mol. The quantitative estimate of drug-likeness (QED) is 0.0261. The molecule has 0 aliphatic carbocycles. The molecule has 0 aromatic rings. The van der Waals surface area contributed by atoms with Crippen LogP contribution in [0.5, 0.6) is 0 Å². The molecule has 0 saturated carbocycles. The second kappa shape index (κ2) is 71.6. The molecule has 6 nitrogen and oxygen atoms in total. The maximum Gasteiger partial charge on any atom is 0.306 e. The highest BCUT2D eigenvalue weighted by Crippen LogP contribution is 2.19. The highest BCUT2D eigenvalue weighted by Gasteiger charge is 2.19. The van der Waals surface area contributed by atoms with Crippen molar-refractivity contribution >= 4 is 17.9 Å². The summed E-state index contributed by atoms with van der Waals surface area (Å²) in [5.74, 6) is -0.843. The molecule has 1 unspecified atom stereocenters. The number of ether oxygens (including phenoxy) is 3. The molecule has 0 aliphatic rings. The molecule has 0 radical (unpaired) electrons. The number of rotatable bonds is 68. The summed E-state index contributed by atoms with van der Waals surface area (Å²) in [4.78, 5) is 38.5. The lowest BCUT2D eigenvalue weighted by atomic mass is 10.0. The Morgan fingerprint density at radius 1 is 0.253 bits per heavy atom. The third-order valence-electron chi connectivity index (χ3n) is 16.5. The lowest BCUT2D eigenvalue weighted by molar-refractivity contribution is -0.167. The Balaban J connectivity index is 4.29. The highest BCUT2D eigenvalue weighted by atomic mass is 16.6. The Morgan fingerprint density at radius 3 is 0.747 bits per heavy atom. The zero-order valence-electron chi connectivity index (χ0n) is 55.7. The fourth-order valence-electron chi connectivity index (χ4n) is 11.0. The predicted molar refractivity (Wildman–Crippen MR) is 362 cm³/mol. The summed E-state index contributed by atoms with van der Waals surface area (Å²) in [5.41, 5.74) is 0. The van der Waals surface area contributed by atoms with Crippen molar-refractivity contribution in [2.24, 2.45) is 0 Å². The van der Waals surface area contributed by atoms with Crippen molar-refractivity contribution in [2.45, 2.75) is 399 Å². The van der Waals surface area contributed by atoms with Gasteiger partial charge in [0.15, 0.2) is 6.10 Å². The van der Waals surface area contributed by atoms with Crippen molar-refractivity contribution in [2.75, 3.05) is 13.2 Å². The van der Waals surface area contributed by atoms with Crippen LogP contribution in [-0.4, -0.2) is 37.2 Å². The molecule has 1 atom stereocenters. The Bertz CT molecular complexity index is 1470. The molecular formula is C77H140O6. The first kappa shape index (κ1) is 80.1. The van der Waals surface area contributed by atoms with E-state index in [1.54, 1.807) is 0 Å². The van der Waals surface area contributed by atoms with E-state index in [4.69, 9.17) is 14.2 Å². The van der Waals surface area contributed by atoms with Gasteiger partial charge < -0.3 is 14.2 Å². The van der Waals surface area contributed by atoms with Gasteiger partial charge in [-0.25, -0.2) is 0 Å². The van der Waals surface area contributed by atoms with Gasteiger partial charge in [0.2, 0.25) is 0 Å². The van der Waals surface area contributed by atoms with Crippen LogP contribution in [0.25, 0.3) is 0 Å². The minimum absolute atomic E-state index is 0.0692. The summed E-state index contributed by atoms with van der Waals surface area (Å²) in [6.07, 6.45) is 92.5. The first-order valence-corrected chi connectivity index (χ1v) is 36.8. The average molecular weight is 1160 g/mol. The van der Waals surface area contributed by atoms with Gasteiger partial charge in [0.1, 0.15) is 13.2 Å². The predicted octanol–water partition coefficient (Wildman–Crippen LogP) is 25.5. The van der Waals surface area contributed by atoms with Gasteiger partial charge in [-0.2, -0.15) is 0 Å². The van der Waals surface area contributed by atoms with E-state index in [9.17, 15) is 14.4 Å². The minimum atomic E-state index is -0.775. The van der Waals surface area contributed by atoms with Crippen LogP contribution in [0.1, 0.15) is 393 Å². The lowest BCUT2D eigenvalue weighted by Crippen LogP contribution is -2.30.